The van der Waals surface area contributed by atoms with Crippen molar-refractivity contribution in [2.45, 2.75) is 38.4 Å². The number of nitro benzene ring substituents is 1. The van der Waals surface area contributed by atoms with E-state index in [1.54, 1.807) is 0 Å². The molecule has 1 aromatic rings. The fraction of sp³-hybridized carbons (Fsp3) is 0.529. The largest absolute Gasteiger partial charge is 0.456 e. The first-order valence-corrected chi connectivity index (χ1v) is 8.62. The summed E-state index contributed by atoms with van der Waals surface area (Å²) < 4.78 is 42.8. The summed E-state index contributed by atoms with van der Waals surface area (Å²) in [6, 6.07) is 2.08. The number of nitro groups is 1. The number of ether oxygens (including phenoxy) is 1. The quantitative estimate of drug-likeness (QED) is 0.373. The number of amides is 1. The van der Waals surface area contributed by atoms with Gasteiger partial charge in [0.2, 0.25) is 0 Å². The Bertz CT molecular complexity index is 750. The number of halogens is 3. The first kappa shape index (κ1) is 21.5. The third-order valence-electron chi connectivity index (χ3n) is 4.25. The Kier molecular flexibility index (Phi) is 6.81. The molecule has 2 rings (SSSR count). The van der Waals surface area contributed by atoms with Gasteiger partial charge in [0.05, 0.1) is 16.9 Å². The molecule has 0 bridgehead atoms. The molecule has 1 aliphatic carbocycles. The maximum Gasteiger partial charge on any atom is 0.416 e. The molecule has 0 radical (unpaired) electrons. The summed E-state index contributed by atoms with van der Waals surface area (Å²) >= 11 is 0. The molecule has 1 saturated carbocycles. The Labute approximate surface area is 158 Å². The number of esters is 1. The molecule has 0 spiro atoms. The van der Waals surface area contributed by atoms with Gasteiger partial charge in [-0.25, -0.2) is 0 Å². The minimum absolute atomic E-state index is 0.0214. The number of anilines is 1. The maximum atomic E-state index is 12.7. The minimum Gasteiger partial charge on any atom is -0.456 e. The lowest BCUT2D eigenvalue weighted by atomic mass is 10.1. The zero-order valence-corrected chi connectivity index (χ0v) is 15.0. The molecule has 0 aromatic heterocycles. The van der Waals surface area contributed by atoms with E-state index >= 15 is 0 Å². The summed E-state index contributed by atoms with van der Waals surface area (Å²) in [5, 5.41) is 16.2. The Hall–Kier alpha value is -2.85. The number of hydrogen-bond acceptors (Lipinski definition) is 6. The first-order chi connectivity index (χ1) is 13.1. The van der Waals surface area contributed by atoms with Crippen LogP contribution in [0.1, 0.15) is 31.7 Å². The monoisotopic (exact) mass is 403 g/mol. The van der Waals surface area contributed by atoms with Gasteiger partial charge in [0.25, 0.3) is 11.6 Å². The number of hydrogen-bond donors (Lipinski definition) is 2. The number of carbonyl (C=O) groups excluding carboxylic acids is 2. The van der Waals surface area contributed by atoms with Crippen LogP contribution in [-0.4, -0.2) is 36.0 Å². The molecule has 0 heterocycles. The Morgan fingerprint density at radius 2 is 2.04 bits per heavy atom. The van der Waals surface area contributed by atoms with Crippen molar-refractivity contribution < 1.29 is 32.4 Å². The van der Waals surface area contributed by atoms with E-state index in [0.29, 0.717) is 18.1 Å². The SMILES string of the molecule is C[C@H](NC(=O)COC(=O)CCNc1ccc(C(F)(F)F)cc1[N+](=O)[O-])C1CC1. The van der Waals surface area contributed by atoms with E-state index in [4.69, 9.17) is 4.74 Å². The summed E-state index contributed by atoms with van der Waals surface area (Å²) in [5.74, 6) is -0.668. The van der Waals surface area contributed by atoms with Crippen LogP contribution in [-0.2, 0) is 20.5 Å². The molecule has 1 aliphatic rings. The van der Waals surface area contributed by atoms with E-state index in [9.17, 15) is 32.9 Å². The third kappa shape index (κ3) is 6.39. The van der Waals surface area contributed by atoms with Gasteiger partial charge in [0.1, 0.15) is 5.69 Å². The molecule has 1 amide bonds. The third-order valence-corrected chi connectivity index (χ3v) is 4.25. The average Bonchev–Trinajstić information content (AvgIpc) is 3.44. The van der Waals surface area contributed by atoms with Crippen LogP contribution in [0.25, 0.3) is 0 Å². The van der Waals surface area contributed by atoms with Crippen LogP contribution in [0.5, 0.6) is 0 Å². The van der Waals surface area contributed by atoms with Crippen molar-refractivity contribution in [2.24, 2.45) is 5.92 Å². The summed E-state index contributed by atoms with van der Waals surface area (Å²) in [4.78, 5) is 33.3. The summed E-state index contributed by atoms with van der Waals surface area (Å²) in [7, 11) is 0. The van der Waals surface area contributed by atoms with Crippen LogP contribution in [0, 0.1) is 16.0 Å². The molecule has 28 heavy (non-hydrogen) atoms. The number of nitrogens with one attached hydrogen (secondary N) is 2. The van der Waals surface area contributed by atoms with Crippen LogP contribution < -0.4 is 10.6 Å². The highest BCUT2D eigenvalue weighted by atomic mass is 19.4. The predicted octanol–water partition coefficient (Wildman–Crippen LogP) is 2.87. The van der Waals surface area contributed by atoms with E-state index in [-0.39, 0.29) is 24.7 Å². The van der Waals surface area contributed by atoms with Crippen molar-refractivity contribution in [2.75, 3.05) is 18.5 Å². The summed E-state index contributed by atoms with van der Waals surface area (Å²) in [6.07, 6.45) is -2.81. The number of alkyl halides is 3. The van der Waals surface area contributed by atoms with E-state index < -0.39 is 40.8 Å². The van der Waals surface area contributed by atoms with Crippen molar-refractivity contribution in [3.8, 4) is 0 Å². The van der Waals surface area contributed by atoms with Crippen LogP contribution in [0.15, 0.2) is 18.2 Å². The van der Waals surface area contributed by atoms with Gasteiger partial charge in [-0.3, -0.25) is 19.7 Å². The molecule has 0 unspecified atom stereocenters. The Morgan fingerprint density at radius 1 is 1.36 bits per heavy atom. The van der Waals surface area contributed by atoms with Crippen LogP contribution in [0.3, 0.4) is 0 Å². The highest BCUT2D eigenvalue weighted by molar-refractivity contribution is 5.81. The normalized spacial score (nSPS) is 14.9. The second-order valence-electron chi connectivity index (χ2n) is 6.52. The molecule has 1 aromatic carbocycles. The molecule has 0 aliphatic heterocycles. The van der Waals surface area contributed by atoms with Gasteiger partial charge in [-0.2, -0.15) is 13.2 Å². The molecular formula is C17H20F3N3O5. The predicted molar refractivity (Wildman–Crippen MR) is 92.5 cm³/mol. The van der Waals surface area contributed by atoms with Gasteiger partial charge >= 0.3 is 12.1 Å². The molecule has 11 heteroatoms. The zero-order valence-electron chi connectivity index (χ0n) is 15.0. The van der Waals surface area contributed by atoms with E-state index in [1.165, 1.54) is 0 Å². The number of carbonyl (C=O) groups is 2. The Morgan fingerprint density at radius 3 is 2.61 bits per heavy atom. The van der Waals surface area contributed by atoms with E-state index in [2.05, 4.69) is 10.6 Å². The number of nitrogens with zero attached hydrogens (tertiary/aromatic N) is 1. The molecular weight excluding hydrogens is 383 g/mol. The maximum absolute atomic E-state index is 12.7. The molecule has 1 fully saturated rings. The van der Waals surface area contributed by atoms with Crippen LogP contribution >= 0.6 is 0 Å². The highest BCUT2D eigenvalue weighted by Crippen LogP contribution is 2.35. The van der Waals surface area contributed by atoms with Gasteiger partial charge in [0.15, 0.2) is 6.61 Å². The van der Waals surface area contributed by atoms with Gasteiger partial charge in [-0.1, -0.05) is 0 Å². The van der Waals surface area contributed by atoms with Crippen molar-refractivity contribution in [1.29, 1.82) is 0 Å². The molecule has 1 atom stereocenters. The fourth-order valence-corrected chi connectivity index (χ4v) is 2.54. The van der Waals surface area contributed by atoms with Gasteiger partial charge in [0, 0.05) is 18.7 Å². The molecule has 0 saturated heterocycles. The minimum atomic E-state index is -4.70. The average molecular weight is 403 g/mol. The van der Waals surface area contributed by atoms with Crippen molar-refractivity contribution in [3.63, 3.8) is 0 Å². The lowest BCUT2D eigenvalue weighted by Crippen LogP contribution is -2.37. The highest BCUT2D eigenvalue weighted by Gasteiger charge is 2.33. The van der Waals surface area contributed by atoms with Gasteiger partial charge in [-0.05, 0) is 37.8 Å². The lowest BCUT2D eigenvalue weighted by Gasteiger charge is -2.13. The second kappa shape index (κ2) is 8.89. The smallest absolute Gasteiger partial charge is 0.416 e. The van der Waals surface area contributed by atoms with E-state index in [1.807, 2.05) is 6.92 Å². The van der Waals surface area contributed by atoms with E-state index in [0.717, 1.165) is 18.9 Å². The molecule has 154 valence electrons. The summed E-state index contributed by atoms with van der Waals surface area (Å²) in [5.41, 5.74) is -2.05. The number of rotatable bonds is 9. The fourth-order valence-electron chi connectivity index (χ4n) is 2.54. The molecule has 2 N–H and O–H groups in total. The first-order valence-electron chi connectivity index (χ1n) is 8.62. The summed E-state index contributed by atoms with van der Waals surface area (Å²) in [6.45, 7) is 1.33. The zero-order chi connectivity index (χ0) is 20.9. The van der Waals surface area contributed by atoms with Crippen LogP contribution in [0.4, 0.5) is 24.5 Å². The number of benzene rings is 1. The Balaban J connectivity index is 1.79. The van der Waals surface area contributed by atoms with Crippen molar-refractivity contribution in [3.05, 3.63) is 33.9 Å². The lowest BCUT2D eigenvalue weighted by molar-refractivity contribution is -0.384. The van der Waals surface area contributed by atoms with Crippen molar-refractivity contribution in [1.82, 2.24) is 5.32 Å². The van der Waals surface area contributed by atoms with Gasteiger partial charge in [-0.15, -0.1) is 0 Å². The second-order valence-corrected chi connectivity index (χ2v) is 6.52. The van der Waals surface area contributed by atoms with Crippen LogP contribution in [0.2, 0.25) is 0 Å². The molecule has 8 nitrogen and oxygen atoms in total. The topological polar surface area (TPSA) is 111 Å². The van der Waals surface area contributed by atoms with Crippen molar-refractivity contribution >= 4 is 23.3 Å². The standard InChI is InChI=1S/C17H20F3N3O5/c1-10(11-2-3-11)22-15(24)9-28-16(25)6-7-21-13-5-4-12(17(18,19)20)8-14(13)23(26)27/h4-5,8,10-11,21H,2-3,6-7,9H2,1H3,(H,22,24)/t10-/m0/s1. The van der Waals surface area contributed by atoms with Gasteiger partial charge < -0.3 is 15.4 Å².